The molecule has 0 bridgehead atoms. The summed E-state index contributed by atoms with van der Waals surface area (Å²) in [5.74, 6) is 1.72. The molecule has 0 aromatic heterocycles. The Bertz CT molecular complexity index is 1490. The third-order valence-corrected chi connectivity index (χ3v) is 7.32. The molecule has 0 saturated carbocycles. The second-order valence-corrected chi connectivity index (χ2v) is 9.69. The lowest BCUT2D eigenvalue weighted by Gasteiger charge is -2.37. The number of rotatable bonds is 7. The first-order chi connectivity index (χ1) is 18.6. The fourth-order valence-corrected chi connectivity index (χ4v) is 5.32. The topological polar surface area (TPSA) is 76.8 Å². The zero-order valence-corrected chi connectivity index (χ0v) is 20.7. The quantitative estimate of drug-likeness (QED) is 0.122. The SMILES string of the molecule is O=[N+]([O-])c1ccc(COc2ccc(C=Nc3ccc([C@@H]4Nc5ccccc5[C@@H]5C=CC[C@H]54)cc3)cc2)cc1. The molecule has 2 aliphatic rings. The van der Waals surface area contributed by atoms with Crippen molar-refractivity contribution in [2.24, 2.45) is 10.9 Å². The molecule has 6 heteroatoms. The first-order valence-corrected chi connectivity index (χ1v) is 12.8. The maximum absolute atomic E-state index is 10.8. The van der Waals surface area contributed by atoms with E-state index in [1.807, 2.05) is 30.5 Å². The number of nitrogens with zero attached hydrogens (tertiary/aromatic N) is 2. The average Bonchev–Trinajstić information content (AvgIpc) is 3.46. The number of hydrogen-bond acceptors (Lipinski definition) is 5. The Hall–Kier alpha value is -4.71. The Labute approximate surface area is 221 Å². The van der Waals surface area contributed by atoms with E-state index in [4.69, 9.17) is 4.74 Å². The van der Waals surface area contributed by atoms with Gasteiger partial charge in [-0.3, -0.25) is 15.1 Å². The molecule has 3 atom stereocenters. The molecule has 6 rings (SSSR count). The Balaban J connectivity index is 1.07. The molecule has 1 aliphatic carbocycles. The van der Waals surface area contributed by atoms with Crippen molar-refractivity contribution >= 4 is 23.3 Å². The second kappa shape index (κ2) is 10.3. The highest BCUT2D eigenvalue weighted by Gasteiger charge is 2.37. The van der Waals surface area contributed by atoms with Gasteiger partial charge in [0.2, 0.25) is 0 Å². The predicted molar refractivity (Wildman–Crippen MR) is 150 cm³/mol. The number of nitro groups is 1. The number of aliphatic imine (C=N–C) groups is 1. The van der Waals surface area contributed by atoms with Crippen molar-refractivity contribution < 1.29 is 9.66 Å². The summed E-state index contributed by atoms with van der Waals surface area (Å²) in [5, 5.41) is 14.6. The van der Waals surface area contributed by atoms with Gasteiger partial charge in [0.15, 0.2) is 0 Å². The summed E-state index contributed by atoms with van der Waals surface area (Å²) in [7, 11) is 0. The van der Waals surface area contributed by atoms with Crippen LogP contribution in [0.4, 0.5) is 17.1 Å². The molecule has 0 amide bonds. The second-order valence-electron chi connectivity index (χ2n) is 9.69. The van der Waals surface area contributed by atoms with E-state index in [0.717, 1.165) is 29.0 Å². The highest BCUT2D eigenvalue weighted by atomic mass is 16.6. The molecule has 1 aliphatic heterocycles. The molecule has 6 nitrogen and oxygen atoms in total. The van der Waals surface area contributed by atoms with Crippen molar-refractivity contribution in [3.8, 4) is 5.75 Å². The van der Waals surface area contributed by atoms with Crippen LogP contribution in [0.3, 0.4) is 0 Å². The predicted octanol–water partition coefficient (Wildman–Crippen LogP) is 7.75. The van der Waals surface area contributed by atoms with Gasteiger partial charge in [-0.2, -0.15) is 0 Å². The number of allylic oxidation sites excluding steroid dienone is 2. The molecule has 38 heavy (non-hydrogen) atoms. The van der Waals surface area contributed by atoms with Gasteiger partial charge in [0, 0.05) is 30.0 Å². The Morgan fingerprint density at radius 2 is 1.71 bits per heavy atom. The van der Waals surface area contributed by atoms with Crippen molar-refractivity contribution in [2.75, 3.05) is 5.32 Å². The van der Waals surface area contributed by atoms with Gasteiger partial charge < -0.3 is 10.1 Å². The van der Waals surface area contributed by atoms with Crippen molar-refractivity contribution in [2.45, 2.75) is 25.0 Å². The molecule has 0 unspecified atom stereocenters. The van der Waals surface area contributed by atoms with Crippen LogP contribution in [0.1, 0.15) is 40.6 Å². The summed E-state index contributed by atoms with van der Waals surface area (Å²) < 4.78 is 5.81. The normalized spacial score (nSPS) is 19.5. The van der Waals surface area contributed by atoms with Crippen LogP contribution < -0.4 is 10.1 Å². The average molecular weight is 502 g/mol. The van der Waals surface area contributed by atoms with Crippen LogP contribution in [-0.4, -0.2) is 11.1 Å². The van der Waals surface area contributed by atoms with E-state index in [1.165, 1.54) is 28.9 Å². The minimum atomic E-state index is -0.408. The van der Waals surface area contributed by atoms with E-state index >= 15 is 0 Å². The van der Waals surface area contributed by atoms with Gasteiger partial charge in [-0.15, -0.1) is 0 Å². The molecular weight excluding hydrogens is 474 g/mol. The monoisotopic (exact) mass is 501 g/mol. The van der Waals surface area contributed by atoms with Gasteiger partial charge in [-0.1, -0.05) is 42.5 Å². The number of para-hydroxylation sites is 1. The van der Waals surface area contributed by atoms with Crippen molar-refractivity contribution in [3.63, 3.8) is 0 Å². The van der Waals surface area contributed by atoms with E-state index in [9.17, 15) is 10.1 Å². The van der Waals surface area contributed by atoms with Crippen molar-refractivity contribution in [1.29, 1.82) is 0 Å². The van der Waals surface area contributed by atoms with Crippen LogP contribution in [0.5, 0.6) is 5.75 Å². The van der Waals surface area contributed by atoms with Gasteiger partial charge in [0.05, 0.1) is 16.7 Å². The molecule has 1 N–H and O–H groups in total. The largest absolute Gasteiger partial charge is 0.489 e. The summed E-state index contributed by atoms with van der Waals surface area (Å²) >= 11 is 0. The molecule has 0 radical (unpaired) electrons. The number of hydrogen-bond donors (Lipinski definition) is 1. The minimum Gasteiger partial charge on any atom is -0.489 e. The lowest BCUT2D eigenvalue weighted by atomic mass is 9.77. The standard InChI is InChI=1S/C32H27N3O3/c36-35(37)26-16-8-23(9-17-26)21-38-27-18-10-22(11-19-27)20-33-25-14-12-24(13-15-25)32-30-6-3-5-28(30)29-4-1-2-7-31(29)34-32/h1-5,7-20,28,30,32,34H,6,21H2/t28-,30+,32-/m0/s1. The third-order valence-electron chi connectivity index (χ3n) is 7.32. The highest BCUT2D eigenvalue weighted by molar-refractivity contribution is 5.82. The summed E-state index contributed by atoms with van der Waals surface area (Å²) in [6.45, 7) is 0.344. The smallest absolute Gasteiger partial charge is 0.269 e. The van der Waals surface area contributed by atoms with Crippen LogP contribution >= 0.6 is 0 Å². The van der Waals surface area contributed by atoms with Crippen molar-refractivity contribution in [3.05, 3.63) is 142 Å². The summed E-state index contributed by atoms with van der Waals surface area (Å²) in [6, 6.07) is 31.5. The molecule has 0 fully saturated rings. The van der Waals surface area contributed by atoms with Crippen LogP contribution in [0.15, 0.2) is 114 Å². The number of nitrogens with one attached hydrogen (secondary N) is 1. The van der Waals surface area contributed by atoms with E-state index in [-0.39, 0.29) is 11.7 Å². The first kappa shape index (κ1) is 23.7. The summed E-state index contributed by atoms with van der Waals surface area (Å²) in [5.41, 5.74) is 6.73. The van der Waals surface area contributed by atoms with Gasteiger partial charge >= 0.3 is 0 Å². The fraction of sp³-hybridized carbons (Fsp3) is 0.156. The minimum absolute atomic E-state index is 0.0724. The molecule has 188 valence electrons. The van der Waals surface area contributed by atoms with Gasteiger partial charge in [-0.05, 0) is 89.2 Å². The fourth-order valence-electron chi connectivity index (χ4n) is 5.32. The summed E-state index contributed by atoms with van der Waals surface area (Å²) in [6.07, 6.45) is 7.62. The van der Waals surface area contributed by atoms with Gasteiger partial charge in [-0.25, -0.2) is 0 Å². The van der Waals surface area contributed by atoms with Crippen LogP contribution in [0.2, 0.25) is 0 Å². The molecular formula is C32H27N3O3. The first-order valence-electron chi connectivity index (χ1n) is 12.8. The van der Waals surface area contributed by atoms with E-state index < -0.39 is 4.92 Å². The maximum Gasteiger partial charge on any atom is 0.269 e. The lowest BCUT2D eigenvalue weighted by Crippen LogP contribution is -2.28. The van der Waals surface area contributed by atoms with Crippen molar-refractivity contribution in [1.82, 2.24) is 0 Å². The lowest BCUT2D eigenvalue weighted by molar-refractivity contribution is -0.384. The zero-order valence-electron chi connectivity index (χ0n) is 20.7. The van der Waals surface area contributed by atoms with Crippen LogP contribution in [0.25, 0.3) is 0 Å². The number of ether oxygens (including phenoxy) is 1. The molecule has 1 heterocycles. The third kappa shape index (κ3) is 4.93. The van der Waals surface area contributed by atoms with Crippen LogP contribution in [0, 0.1) is 16.0 Å². The van der Waals surface area contributed by atoms with E-state index in [0.29, 0.717) is 18.4 Å². The van der Waals surface area contributed by atoms with Crippen LogP contribution in [-0.2, 0) is 6.61 Å². The Morgan fingerprint density at radius 3 is 2.47 bits per heavy atom. The highest BCUT2D eigenvalue weighted by Crippen LogP contribution is 2.49. The maximum atomic E-state index is 10.8. The molecule has 0 spiro atoms. The molecule has 4 aromatic carbocycles. The number of fused-ring (bicyclic) bond motifs is 3. The molecule has 0 saturated heterocycles. The van der Waals surface area contributed by atoms with E-state index in [1.54, 1.807) is 12.1 Å². The number of nitro benzene ring substituents is 1. The van der Waals surface area contributed by atoms with Gasteiger partial charge in [0.25, 0.3) is 5.69 Å². The number of non-ortho nitro benzene ring substituents is 1. The molecule has 4 aromatic rings. The Kier molecular flexibility index (Phi) is 6.44. The van der Waals surface area contributed by atoms with Gasteiger partial charge in [0.1, 0.15) is 12.4 Å². The number of benzene rings is 4. The zero-order chi connectivity index (χ0) is 25.9. The van der Waals surface area contributed by atoms with E-state index in [2.05, 4.69) is 71.0 Å². The summed E-state index contributed by atoms with van der Waals surface area (Å²) in [4.78, 5) is 15.0. The number of anilines is 1. The Morgan fingerprint density at radius 1 is 0.947 bits per heavy atom.